The van der Waals surface area contributed by atoms with Gasteiger partial charge in [0.25, 0.3) is 5.69 Å². The van der Waals surface area contributed by atoms with E-state index in [9.17, 15) is 14.5 Å². The van der Waals surface area contributed by atoms with Gasteiger partial charge in [-0.25, -0.2) is 4.39 Å². The van der Waals surface area contributed by atoms with Crippen molar-refractivity contribution in [1.82, 2.24) is 0 Å². The van der Waals surface area contributed by atoms with E-state index in [1.54, 1.807) is 36.5 Å². The molecule has 0 N–H and O–H groups in total. The Morgan fingerprint density at radius 3 is 2.32 bits per heavy atom. The fourth-order valence-corrected chi connectivity index (χ4v) is 3.82. The van der Waals surface area contributed by atoms with Gasteiger partial charge in [-0.05, 0) is 67.8 Å². The predicted molar refractivity (Wildman–Crippen MR) is 113 cm³/mol. The highest BCUT2D eigenvalue weighted by molar-refractivity contribution is 9.11. The average molecular weight is 508 g/mol. The van der Waals surface area contributed by atoms with Crippen molar-refractivity contribution in [2.45, 2.75) is 6.61 Å². The van der Waals surface area contributed by atoms with Crippen LogP contribution < -0.4 is 4.74 Å². The lowest BCUT2D eigenvalue weighted by Crippen LogP contribution is -2.00. The zero-order chi connectivity index (χ0) is 20.1. The molecule has 8 heteroatoms. The second kappa shape index (κ2) is 9.07. The van der Waals surface area contributed by atoms with Crippen LogP contribution in [0.15, 0.2) is 74.6 Å². The largest absolute Gasteiger partial charge is 0.486 e. The molecule has 0 bridgehead atoms. The molecule has 0 saturated carbocycles. The van der Waals surface area contributed by atoms with Crippen LogP contribution in [0.2, 0.25) is 0 Å². The molecule has 28 heavy (non-hydrogen) atoms. The van der Waals surface area contributed by atoms with Crippen molar-refractivity contribution in [2.24, 2.45) is 4.99 Å². The normalized spacial score (nSPS) is 11.0. The summed E-state index contributed by atoms with van der Waals surface area (Å²) in [6.45, 7) is 0.0973. The molecule has 0 saturated heterocycles. The Morgan fingerprint density at radius 2 is 1.71 bits per heavy atom. The van der Waals surface area contributed by atoms with Crippen LogP contribution in [0.25, 0.3) is 0 Å². The molecule has 0 amide bonds. The van der Waals surface area contributed by atoms with Gasteiger partial charge in [-0.2, -0.15) is 0 Å². The van der Waals surface area contributed by atoms with Crippen LogP contribution in [0.3, 0.4) is 0 Å². The second-order valence-electron chi connectivity index (χ2n) is 5.73. The Labute approximate surface area is 177 Å². The maximum absolute atomic E-state index is 13.7. The standard InChI is InChI=1S/C20H13Br2FN2O3/c21-17-9-13(11-24-15-5-7-16(8-6-15)25(26)27)10-18(22)20(17)28-12-14-3-1-2-4-19(14)23/h1-11H,12H2. The highest BCUT2D eigenvalue weighted by Crippen LogP contribution is 2.35. The first-order valence-corrected chi connectivity index (χ1v) is 9.66. The summed E-state index contributed by atoms with van der Waals surface area (Å²) in [5, 5.41) is 10.7. The summed E-state index contributed by atoms with van der Waals surface area (Å²) in [6, 6.07) is 16.0. The lowest BCUT2D eigenvalue weighted by atomic mass is 10.2. The molecule has 3 aromatic rings. The Bertz CT molecular complexity index is 1020. The van der Waals surface area contributed by atoms with Crippen LogP contribution >= 0.6 is 31.9 Å². The Hall–Kier alpha value is -2.58. The van der Waals surface area contributed by atoms with E-state index in [1.165, 1.54) is 18.2 Å². The van der Waals surface area contributed by atoms with Crippen molar-refractivity contribution in [3.63, 3.8) is 0 Å². The lowest BCUT2D eigenvalue weighted by molar-refractivity contribution is -0.384. The first-order chi connectivity index (χ1) is 13.4. The van der Waals surface area contributed by atoms with Crippen LogP contribution in [0.1, 0.15) is 11.1 Å². The molecule has 0 atom stereocenters. The summed E-state index contributed by atoms with van der Waals surface area (Å²) in [4.78, 5) is 14.5. The molecular formula is C20H13Br2FN2O3. The number of halogens is 3. The molecule has 3 rings (SSSR count). The van der Waals surface area contributed by atoms with Gasteiger partial charge in [0.2, 0.25) is 0 Å². The van der Waals surface area contributed by atoms with E-state index in [2.05, 4.69) is 36.9 Å². The minimum atomic E-state index is -0.457. The second-order valence-corrected chi connectivity index (χ2v) is 7.43. The average Bonchev–Trinajstić information content (AvgIpc) is 2.67. The van der Waals surface area contributed by atoms with Gasteiger partial charge in [0.15, 0.2) is 0 Å². The number of benzene rings is 3. The minimum absolute atomic E-state index is 0.0146. The monoisotopic (exact) mass is 506 g/mol. The lowest BCUT2D eigenvalue weighted by Gasteiger charge is -2.11. The molecule has 142 valence electrons. The number of ether oxygens (including phenoxy) is 1. The van der Waals surface area contributed by atoms with E-state index in [0.717, 1.165) is 5.56 Å². The zero-order valence-corrected chi connectivity index (χ0v) is 17.5. The molecule has 0 heterocycles. The third kappa shape index (κ3) is 5.02. The summed E-state index contributed by atoms with van der Waals surface area (Å²) in [5.41, 5.74) is 1.86. The molecule has 0 spiro atoms. The van der Waals surface area contributed by atoms with Gasteiger partial charge in [-0.15, -0.1) is 0 Å². The fraction of sp³-hybridized carbons (Fsp3) is 0.0500. The zero-order valence-electron chi connectivity index (χ0n) is 14.3. The summed E-state index contributed by atoms with van der Waals surface area (Å²) in [6.07, 6.45) is 1.64. The number of hydrogen-bond donors (Lipinski definition) is 0. The van der Waals surface area contributed by atoms with E-state index in [4.69, 9.17) is 4.74 Å². The first kappa shape index (κ1) is 20.2. The van der Waals surface area contributed by atoms with Crippen molar-refractivity contribution < 1.29 is 14.1 Å². The van der Waals surface area contributed by atoms with E-state index in [0.29, 0.717) is 25.9 Å². The maximum atomic E-state index is 13.7. The van der Waals surface area contributed by atoms with Gasteiger partial charge in [-0.3, -0.25) is 15.1 Å². The summed E-state index contributed by atoms with van der Waals surface area (Å²) in [5.74, 6) is 0.234. The van der Waals surface area contributed by atoms with Gasteiger partial charge < -0.3 is 4.74 Å². The molecule has 3 aromatic carbocycles. The predicted octanol–water partition coefficient (Wildman–Crippen LogP) is 6.59. The summed E-state index contributed by atoms with van der Waals surface area (Å²) < 4.78 is 20.8. The van der Waals surface area contributed by atoms with Crippen molar-refractivity contribution >= 4 is 49.4 Å². The number of nitro groups is 1. The molecule has 0 aromatic heterocycles. The Kier molecular flexibility index (Phi) is 6.53. The van der Waals surface area contributed by atoms with Crippen molar-refractivity contribution in [1.29, 1.82) is 0 Å². The molecule has 0 aliphatic carbocycles. The first-order valence-electron chi connectivity index (χ1n) is 8.08. The van der Waals surface area contributed by atoms with Gasteiger partial charge in [0, 0.05) is 23.9 Å². The SMILES string of the molecule is O=[N+]([O-])c1ccc(N=Cc2cc(Br)c(OCc3ccccc3F)c(Br)c2)cc1. The smallest absolute Gasteiger partial charge is 0.269 e. The highest BCUT2D eigenvalue weighted by atomic mass is 79.9. The van der Waals surface area contributed by atoms with Crippen molar-refractivity contribution in [2.75, 3.05) is 0 Å². The number of aliphatic imine (C=N–C) groups is 1. The number of hydrogen-bond acceptors (Lipinski definition) is 4. The highest BCUT2D eigenvalue weighted by Gasteiger charge is 2.10. The fourth-order valence-electron chi connectivity index (χ4n) is 2.37. The summed E-state index contributed by atoms with van der Waals surface area (Å²) >= 11 is 6.91. The molecule has 5 nitrogen and oxygen atoms in total. The Morgan fingerprint density at radius 1 is 1.07 bits per heavy atom. The van der Waals surface area contributed by atoms with E-state index in [1.807, 2.05) is 12.1 Å². The molecule has 0 aliphatic heterocycles. The summed E-state index contributed by atoms with van der Waals surface area (Å²) in [7, 11) is 0. The molecule has 0 fully saturated rings. The third-order valence-corrected chi connectivity index (χ3v) is 4.95. The number of rotatable bonds is 6. The van der Waals surface area contributed by atoms with Crippen molar-refractivity contribution in [3.05, 3.63) is 96.7 Å². The van der Waals surface area contributed by atoms with E-state index < -0.39 is 4.92 Å². The van der Waals surface area contributed by atoms with Gasteiger partial charge >= 0.3 is 0 Å². The van der Waals surface area contributed by atoms with E-state index >= 15 is 0 Å². The van der Waals surface area contributed by atoms with Crippen LogP contribution in [-0.2, 0) is 6.61 Å². The topological polar surface area (TPSA) is 64.7 Å². The van der Waals surface area contributed by atoms with E-state index in [-0.39, 0.29) is 18.1 Å². The van der Waals surface area contributed by atoms with Crippen molar-refractivity contribution in [3.8, 4) is 5.75 Å². The molecule has 0 radical (unpaired) electrons. The molecular weight excluding hydrogens is 495 g/mol. The van der Waals surface area contributed by atoms with Gasteiger partial charge in [0.05, 0.1) is 19.6 Å². The number of nitro benzene ring substituents is 1. The minimum Gasteiger partial charge on any atom is -0.486 e. The van der Waals surface area contributed by atoms with Crippen LogP contribution in [0.4, 0.5) is 15.8 Å². The number of non-ortho nitro benzene ring substituents is 1. The van der Waals surface area contributed by atoms with Gasteiger partial charge in [0.1, 0.15) is 18.2 Å². The third-order valence-electron chi connectivity index (χ3n) is 3.77. The van der Waals surface area contributed by atoms with Crippen LogP contribution in [0, 0.1) is 15.9 Å². The van der Waals surface area contributed by atoms with Crippen LogP contribution in [0.5, 0.6) is 5.75 Å². The quantitative estimate of drug-likeness (QED) is 0.215. The maximum Gasteiger partial charge on any atom is 0.269 e. The Balaban J connectivity index is 1.74. The van der Waals surface area contributed by atoms with Gasteiger partial charge in [-0.1, -0.05) is 18.2 Å². The van der Waals surface area contributed by atoms with Crippen LogP contribution in [-0.4, -0.2) is 11.1 Å². The number of nitrogens with zero attached hydrogens (tertiary/aromatic N) is 2. The molecule has 0 aliphatic rings. The molecule has 0 unspecified atom stereocenters.